The smallest absolute Gasteiger partial charge is 0.250 e. The van der Waals surface area contributed by atoms with Crippen molar-refractivity contribution in [2.24, 2.45) is 5.92 Å². The molecule has 4 nitrogen and oxygen atoms in total. The molecule has 1 N–H and O–H groups in total. The van der Waals surface area contributed by atoms with Crippen LogP contribution in [-0.2, 0) is 9.53 Å². The number of hydrogen-bond donors (Lipinski definition) is 1. The van der Waals surface area contributed by atoms with Gasteiger partial charge in [0.1, 0.15) is 6.61 Å². The second-order valence-corrected chi connectivity index (χ2v) is 6.65. The molecule has 0 radical (unpaired) electrons. The fraction of sp³-hybridized carbons (Fsp3) is 0.611. The summed E-state index contributed by atoms with van der Waals surface area (Å²) in [6, 6.07) is 5.95. The highest BCUT2D eigenvalue weighted by Crippen LogP contribution is 2.26. The topological polar surface area (TPSA) is 41.6 Å². The molecule has 0 bridgehead atoms. The SMILES string of the molecule is Cc1cc(NC(=O)COC2CCCC(C)C2)ccc1N(C)C. The van der Waals surface area contributed by atoms with E-state index in [4.69, 9.17) is 4.74 Å². The lowest BCUT2D eigenvalue weighted by Gasteiger charge is -2.26. The fourth-order valence-corrected chi connectivity index (χ4v) is 3.16. The number of carbonyl (C=O) groups is 1. The van der Waals surface area contributed by atoms with E-state index in [1.165, 1.54) is 12.8 Å². The van der Waals surface area contributed by atoms with Crippen LogP contribution in [-0.4, -0.2) is 32.7 Å². The summed E-state index contributed by atoms with van der Waals surface area (Å²) in [6.45, 7) is 4.45. The first-order chi connectivity index (χ1) is 10.5. The zero-order chi connectivity index (χ0) is 16.1. The number of rotatable bonds is 5. The van der Waals surface area contributed by atoms with E-state index in [-0.39, 0.29) is 18.6 Å². The Morgan fingerprint density at radius 1 is 1.36 bits per heavy atom. The van der Waals surface area contributed by atoms with Gasteiger partial charge in [0.2, 0.25) is 5.91 Å². The number of ether oxygens (including phenoxy) is 1. The maximum Gasteiger partial charge on any atom is 0.250 e. The summed E-state index contributed by atoms with van der Waals surface area (Å²) in [7, 11) is 4.03. The number of benzene rings is 1. The molecule has 1 aliphatic carbocycles. The van der Waals surface area contributed by atoms with Gasteiger partial charge < -0.3 is 15.0 Å². The standard InChI is InChI=1S/C18H28N2O2/c1-13-6-5-7-16(10-13)22-12-18(21)19-15-8-9-17(20(3)4)14(2)11-15/h8-9,11,13,16H,5-7,10,12H2,1-4H3,(H,19,21). The lowest BCUT2D eigenvalue weighted by atomic mass is 9.89. The van der Waals surface area contributed by atoms with Crippen LogP contribution in [0.15, 0.2) is 18.2 Å². The molecule has 1 fully saturated rings. The van der Waals surface area contributed by atoms with Crippen molar-refractivity contribution in [3.8, 4) is 0 Å². The van der Waals surface area contributed by atoms with Gasteiger partial charge in [-0.15, -0.1) is 0 Å². The molecule has 2 unspecified atom stereocenters. The highest BCUT2D eigenvalue weighted by Gasteiger charge is 2.20. The number of aryl methyl sites for hydroxylation is 1. The minimum atomic E-state index is -0.0739. The van der Waals surface area contributed by atoms with E-state index in [9.17, 15) is 4.79 Å². The van der Waals surface area contributed by atoms with Gasteiger partial charge in [-0.3, -0.25) is 4.79 Å². The zero-order valence-electron chi connectivity index (χ0n) is 14.2. The van der Waals surface area contributed by atoms with E-state index in [0.717, 1.165) is 29.8 Å². The first kappa shape index (κ1) is 16.8. The highest BCUT2D eigenvalue weighted by molar-refractivity contribution is 5.92. The Labute approximate surface area is 133 Å². The first-order valence-electron chi connectivity index (χ1n) is 8.15. The van der Waals surface area contributed by atoms with Crippen LogP contribution in [0, 0.1) is 12.8 Å². The van der Waals surface area contributed by atoms with E-state index in [1.807, 2.05) is 39.2 Å². The molecule has 122 valence electrons. The van der Waals surface area contributed by atoms with Gasteiger partial charge in [-0.1, -0.05) is 19.8 Å². The van der Waals surface area contributed by atoms with Crippen molar-refractivity contribution in [2.75, 3.05) is 30.9 Å². The summed E-state index contributed by atoms with van der Waals surface area (Å²) < 4.78 is 5.76. The molecule has 2 atom stereocenters. The largest absolute Gasteiger partial charge is 0.377 e. The van der Waals surface area contributed by atoms with Crippen LogP contribution < -0.4 is 10.2 Å². The van der Waals surface area contributed by atoms with Gasteiger partial charge in [-0.05, 0) is 49.4 Å². The summed E-state index contributed by atoms with van der Waals surface area (Å²) in [5, 5.41) is 2.92. The van der Waals surface area contributed by atoms with Gasteiger partial charge in [0.05, 0.1) is 6.10 Å². The Morgan fingerprint density at radius 3 is 2.77 bits per heavy atom. The van der Waals surface area contributed by atoms with Crippen molar-refractivity contribution in [3.63, 3.8) is 0 Å². The third-order valence-electron chi connectivity index (χ3n) is 4.30. The molecular weight excluding hydrogens is 276 g/mol. The van der Waals surface area contributed by atoms with Gasteiger partial charge in [0.15, 0.2) is 0 Å². The summed E-state index contributed by atoms with van der Waals surface area (Å²) in [5.74, 6) is 0.637. The summed E-state index contributed by atoms with van der Waals surface area (Å²) in [5.41, 5.74) is 3.13. The van der Waals surface area contributed by atoms with E-state index in [2.05, 4.69) is 17.1 Å². The Kier molecular flexibility index (Phi) is 5.83. The predicted octanol–water partition coefficient (Wildman–Crippen LogP) is 3.59. The molecule has 1 aliphatic rings. The number of amides is 1. The summed E-state index contributed by atoms with van der Waals surface area (Å²) >= 11 is 0. The van der Waals surface area contributed by atoms with Crippen LogP contribution in [0.1, 0.15) is 38.2 Å². The van der Waals surface area contributed by atoms with Gasteiger partial charge in [0.25, 0.3) is 0 Å². The summed E-state index contributed by atoms with van der Waals surface area (Å²) in [6.07, 6.45) is 4.88. The molecule has 1 saturated carbocycles. The Morgan fingerprint density at radius 2 is 2.14 bits per heavy atom. The number of hydrogen-bond acceptors (Lipinski definition) is 3. The molecule has 1 aromatic carbocycles. The van der Waals surface area contributed by atoms with Gasteiger partial charge in [-0.2, -0.15) is 0 Å². The van der Waals surface area contributed by atoms with Crippen molar-refractivity contribution < 1.29 is 9.53 Å². The molecule has 0 spiro atoms. The number of carbonyl (C=O) groups excluding carboxylic acids is 1. The van der Waals surface area contributed by atoms with Crippen LogP contribution in [0.4, 0.5) is 11.4 Å². The Balaban J connectivity index is 1.83. The van der Waals surface area contributed by atoms with Crippen LogP contribution in [0.5, 0.6) is 0 Å². The molecule has 22 heavy (non-hydrogen) atoms. The van der Waals surface area contributed by atoms with Crippen LogP contribution in [0.3, 0.4) is 0 Å². The second-order valence-electron chi connectivity index (χ2n) is 6.65. The quantitative estimate of drug-likeness (QED) is 0.904. The minimum absolute atomic E-state index is 0.0739. The first-order valence-corrected chi connectivity index (χ1v) is 8.15. The molecule has 2 rings (SSSR count). The van der Waals surface area contributed by atoms with Crippen molar-refractivity contribution >= 4 is 17.3 Å². The van der Waals surface area contributed by atoms with E-state index < -0.39 is 0 Å². The van der Waals surface area contributed by atoms with Gasteiger partial charge in [-0.25, -0.2) is 0 Å². The zero-order valence-corrected chi connectivity index (χ0v) is 14.2. The third kappa shape index (κ3) is 4.73. The van der Waals surface area contributed by atoms with Crippen molar-refractivity contribution in [2.45, 2.75) is 45.6 Å². The van der Waals surface area contributed by atoms with Gasteiger partial charge >= 0.3 is 0 Å². The molecule has 1 amide bonds. The number of nitrogens with one attached hydrogen (secondary N) is 1. The van der Waals surface area contributed by atoms with Crippen molar-refractivity contribution in [1.29, 1.82) is 0 Å². The molecule has 0 saturated heterocycles. The second kappa shape index (κ2) is 7.63. The van der Waals surface area contributed by atoms with Crippen molar-refractivity contribution in [3.05, 3.63) is 23.8 Å². The maximum absolute atomic E-state index is 12.0. The average Bonchev–Trinajstić information content (AvgIpc) is 2.45. The minimum Gasteiger partial charge on any atom is -0.377 e. The molecule has 0 aromatic heterocycles. The summed E-state index contributed by atoms with van der Waals surface area (Å²) in [4.78, 5) is 14.1. The third-order valence-corrected chi connectivity index (χ3v) is 4.30. The fourth-order valence-electron chi connectivity index (χ4n) is 3.16. The van der Waals surface area contributed by atoms with Crippen LogP contribution >= 0.6 is 0 Å². The number of nitrogens with zero attached hydrogens (tertiary/aromatic N) is 1. The van der Waals surface area contributed by atoms with E-state index in [1.54, 1.807) is 0 Å². The lowest BCUT2D eigenvalue weighted by Crippen LogP contribution is -2.27. The molecule has 0 aliphatic heterocycles. The van der Waals surface area contributed by atoms with Crippen LogP contribution in [0.25, 0.3) is 0 Å². The highest BCUT2D eigenvalue weighted by atomic mass is 16.5. The van der Waals surface area contributed by atoms with E-state index >= 15 is 0 Å². The normalized spacial score (nSPS) is 21.5. The molecular formula is C18H28N2O2. The maximum atomic E-state index is 12.0. The molecule has 4 heteroatoms. The molecule has 0 heterocycles. The lowest BCUT2D eigenvalue weighted by molar-refractivity contribution is -0.123. The van der Waals surface area contributed by atoms with Crippen molar-refractivity contribution in [1.82, 2.24) is 0 Å². The average molecular weight is 304 g/mol. The van der Waals surface area contributed by atoms with E-state index in [0.29, 0.717) is 5.92 Å². The van der Waals surface area contributed by atoms with Crippen LogP contribution in [0.2, 0.25) is 0 Å². The number of anilines is 2. The Hall–Kier alpha value is -1.55. The molecule has 1 aromatic rings. The Bertz CT molecular complexity index is 514. The predicted molar refractivity (Wildman–Crippen MR) is 91.5 cm³/mol. The van der Waals surface area contributed by atoms with Gasteiger partial charge in [0, 0.05) is 25.5 Å². The monoisotopic (exact) mass is 304 g/mol.